The lowest BCUT2D eigenvalue weighted by Gasteiger charge is -2.39. The summed E-state index contributed by atoms with van der Waals surface area (Å²) in [5.74, 6) is 0. The van der Waals surface area contributed by atoms with E-state index in [2.05, 4.69) is 45.6 Å². The van der Waals surface area contributed by atoms with Crippen LogP contribution < -0.4 is 10.6 Å². The van der Waals surface area contributed by atoms with E-state index in [1.54, 1.807) is 0 Å². The first kappa shape index (κ1) is 15.7. The summed E-state index contributed by atoms with van der Waals surface area (Å²) in [6.45, 7) is 8.79. The van der Waals surface area contributed by atoms with Gasteiger partial charge in [-0.15, -0.1) is 0 Å². The van der Waals surface area contributed by atoms with Gasteiger partial charge in [0.2, 0.25) is 0 Å². The topological polar surface area (TPSA) is 32.5 Å². The third-order valence-electron chi connectivity index (χ3n) is 4.11. The third kappa shape index (κ3) is 3.32. The van der Waals surface area contributed by atoms with Crippen LogP contribution in [0.5, 0.6) is 0 Å². The first-order chi connectivity index (χ1) is 9.54. The molecule has 1 aliphatic heterocycles. The van der Waals surface area contributed by atoms with Gasteiger partial charge < -0.3 is 10.6 Å². The number of thiocarbonyl (C=S) groups is 1. The number of nitrogens with zero attached hydrogens (tertiary/aromatic N) is 2. The normalized spacial score (nSPS) is 18.1. The van der Waals surface area contributed by atoms with Crippen LogP contribution in [-0.2, 0) is 0 Å². The van der Waals surface area contributed by atoms with Gasteiger partial charge in [-0.2, -0.15) is 0 Å². The largest absolute Gasteiger partial charge is 0.389 e. The van der Waals surface area contributed by atoms with Crippen molar-refractivity contribution in [3.05, 3.63) is 28.2 Å². The molecule has 0 amide bonds. The fraction of sp³-hybridized carbons (Fsp3) is 0.533. The maximum atomic E-state index is 5.88. The molecule has 0 bridgehead atoms. The average molecular weight is 356 g/mol. The molecule has 1 saturated heterocycles. The number of nitrogens with two attached hydrogens (primary N) is 1. The highest BCUT2D eigenvalue weighted by Gasteiger charge is 2.22. The number of hydrogen-bond donors (Lipinski definition) is 1. The SMILES string of the molecule is CCC(C)N1CCN(c2cccc(Br)c2C(N)=S)CC1. The van der Waals surface area contributed by atoms with Gasteiger partial charge in [0.05, 0.1) is 0 Å². The zero-order valence-corrected chi connectivity index (χ0v) is 14.5. The average Bonchev–Trinajstić information content (AvgIpc) is 2.46. The molecule has 1 heterocycles. The van der Waals surface area contributed by atoms with Gasteiger partial charge in [-0.25, -0.2) is 0 Å². The van der Waals surface area contributed by atoms with Gasteiger partial charge in [0.15, 0.2) is 0 Å². The van der Waals surface area contributed by atoms with E-state index in [1.165, 1.54) is 6.42 Å². The second kappa shape index (κ2) is 6.87. The van der Waals surface area contributed by atoms with E-state index in [-0.39, 0.29) is 0 Å². The Labute approximate surface area is 135 Å². The zero-order valence-electron chi connectivity index (χ0n) is 12.1. The third-order valence-corrected chi connectivity index (χ3v) is 4.97. The predicted molar refractivity (Wildman–Crippen MR) is 93.6 cm³/mol. The van der Waals surface area contributed by atoms with Crippen LogP contribution in [0.1, 0.15) is 25.8 Å². The van der Waals surface area contributed by atoms with Crippen LogP contribution >= 0.6 is 28.1 Å². The van der Waals surface area contributed by atoms with Gasteiger partial charge in [0, 0.05) is 47.9 Å². The van der Waals surface area contributed by atoms with E-state index in [9.17, 15) is 0 Å². The quantitative estimate of drug-likeness (QED) is 0.841. The van der Waals surface area contributed by atoms with Crippen LogP contribution in [0.4, 0.5) is 5.69 Å². The monoisotopic (exact) mass is 355 g/mol. The van der Waals surface area contributed by atoms with Crippen LogP contribution in [0.25, 0.3) is 0 Å². The van der Waals surface area contributed by atoms with Gasteiger partial charge >= 0.3 is 0 Å². The first-order valence-corrected chi connectivity index (χ1v) is 8.32. The van der Waals surface area contributed by atoms with Crippen molar-refractivity contribution in [1.82, 2.24) is 4.90 Å². The van der Waals surface area contributed by atoms with Crippen molar-refractivity contribution in [2.45, 2.75) is 26.3 Å². The highest BCUT2D eigenvalue weighted by molar-refractivity contribution is 9.10. The van der Waals surface area contributed by atoms with E-state index in [4.69, 9.17) is 18.0 Å². The number of anilines is 1. The molecule has 1 unspecified atom stereocenters. The van der Waals surface area contributed by atoms with E-state index in [0.29, 0.717) is 11.0 Å². The maximum absolute atomic E-state index is 5.88. The summed E-state index contributed by atoms with van der Waals surface area (Å²) in [5, 5.41) is 0. The van der Waals surface area contributed by atoms with Gasteiger partial charge in [0.1, 0.15) is 4.99 Å². The molecule has 3 nitrogen and oxygen atoms in total. The molecule has 20 heavy (non-hydrogen) atoms. The summed E-state index contributed by atoms with van der Waals surface area (Å²) < 4.78 is 0.979. The molecule has 1 aromatic carbocycles. The summed E-state index contributed by atoms with van der Waals surface area (Å²) >= 11 is 8.76. The minimum absolute atomic E-state index is 0.455. The fourth-order valence-electron chi connectivity index (χ4n) is 2.68. The molecular weight excluding hydrogens is 334 g/mol. The molecule has 1 atom stereocenters. The molecule has 1 fully saturated rings. The second-order valence-corrected chi connectivity index (χ2v) is 6.57. The Morgan fingerprint density at radius 2 is 2.00 bits per heavy atom. The van der Waals surface area contributed by atoms with Crippen LogP contribution in [0.15, 0.2) is 22.7 Å². The molecule has 2 rings (SSSR count). The Bertz CT molecular complexity index is 484. The number of piperazine rings is 1. The number of rotatable bonds is 4. The summed E-state index contributed by atoms with van der Waals surface area (Å²) in [4.78, 5) is 5.39. The molecule has 0 aromatic heterocycles. The Hall–Kier alpha value is -0.650. The highest BCUT2D eigenvalue weighted by atomic mass is 79.9. The van der Waals surface area contributed by atoms with Crippen LogP contribution in [0.3, 0.4) is 0 Å². The van der Waals surface area contributed by atoms with Crippen molar-refractivity contribution in [2.75, 3.05) is 31.1 Å². The highest BCUT2D eigenvalue weighted by Crippen LogP contribution is 2.28. The summed E-state index contributed by atoms with van der Waals surface area (Å²) in [5.41, 5.74) is 7.99. The Kier molecular flexibility index (Phi) is 5.41. The van der Waals surface area contributed by atoms with Gasteiger partial charge in [-0.3, -0.25) is 4.90 Å². The molecular formula is C15H22BrN3S. The lowest BCUT2D eigenvalue weighted by molar-refractivity contribution is 0.193. The van der Waals surface area contributed by atoms with E-state index in [1.807, 2.05) is 12.1 Å². The van der Waals surface area contributed by atoms with Gasteiger partial charge in [0.25, 0.3) is 0 Å². The summed E-state index contributed by atoms with van der Waals surface area (Å²) in [7, 11) is 0. The van der Waals surface area contributed by atoms with Crippen LogP contribution in [0.2, 0.25) is 0 Å². The van der Waals surface area contributed by atoms with E-state index < -0.39 is 0 Å². The first-order valence-electron chi connectivity index (χ1n) is 7.12. The Morgan fingerprint density at radius 3 is 2.55 bits per heavy atom. The van der Waals surface area contributed by atoms with Crippen molar-refractivity contribution in [3.63, 3.8) is 0 Å². The fourth-order valence-corrected chi connectivity index (χ4v) is 3.60. The molecule has 2 N–H and O–H groups in total. The second-order valence-electron chi connectivity index (χ2n) is 5.28. The minimum atomic E-state index is 0.455. The van der Waals surface area contributed by atoms with Gasteiger partial charge in [-0.1, -0.05) is 25.2 Å². The van der Waals surface area contributed by atoms with Crippen molar-refractivity contribution in [1.29, 1.82) is 0 Å². The van der Waals surface area contributed by atoms with E-state index in [0.717, 1.165) is 41.9 Å². The molecule has 1 aromatic rings. The molecule has 0 spiro atoms. The molecule has 110 valence electrons. The van der Waals surface area contributed by atoms with Gasteiger partial charge in [-0.05, 0) is 41.4 Å². The number of benzene rings is 1. The molecule has 0 radical (unpaired) electrons. The van der Waals surface area contributed by atoms with Crippen molar-refractivity contribution < 1.29 is 0 Å². The van der Waals surface area contributed by atoms with Crippen LogP contribution in [-0.4, -0.2) is 42.1 Å². The smallest absolute Gasteiger partial charge is 0.107 e. The maximum Gasteiger partial charge on any atom is 0.107 e. The lowest BCUT2D eigenvalue weighted by atomic mass is 10.1. The lowest BCUT2D eigenvalue weighted by Crippen LogP contribution is -2.49. The zero-order chi connectivity index (χ0) is 14.7. The molecule has 0 saturated carbocycles. The minimum Gasteiger partial charge on any atom is -0.389 e. The number of halogens is 1. The van der Waals surface area contributed by atoms with Crippen molar-refractivity contribution in [3.8, 4) is 0 Å². The standard InChI is InChI=1S/C15H22BrN3S/c1-3-11(2)18-7-9-19(10-8-18)13-6-4-5-12(16)14(13)15(17)20/h4-6,11H,3,7-10H2,1-2H3,(H2,17,20). The Balaban J connectivity index is 2.15. The molecule has 5 heteroatoms. The Morgan fingerprint density at radius 1 is 1.35 bits per heavy atom. The molecule has 1 aliphatic rings. The summed E-state index contributed by atoms with van der Waals surface area (Å²) in [6, 6.07) is 6.81. The van der Waals surface area contributed by atoms with Crippen molar-refractivity contribution in [2.24, 2.45) is 5.73 Å². The summed E-state index contributed by atoms with van der Waals surface area (Å²) in [6.07, 6.45) is 1.20. The van der Waals surface area contributed by atoms with Crippen molar-refractivity contribution >= 4 is 38.8 Å². The number of hydrogen-bond acceptors (Lipinski definition) is 3. The molecule has 0 aliphatic carbocycles. The van der Waals surface area contributed by atoms with Crippen LogP contribution in [0, 0.1) is 0 Å². The van der Waals surface area contributed by atoms with E-state index >= 15 is 0 Å². The predicted octanol–water partition coefficient (Wildman–Crippen LogP) is 3.00.